The molecule has 2 aliphatic rings. The monoisotopic (exact) mass is 460 g/mol. The standard InChI is InChI=1S/C23H28N2O6S/c1-15-22-18(5-3-4-6-19(22)26)23(24-15)20(27)14-16-13-17(7-8-21(16)30-2)32(28,29)25-9-11-31-12-10-25/h7-8,13,24H,3-6,9-12,14H2,1-2H3. The van der Waals surface area contributed by atoms with Crippen molar-refractivity contribution in [3.63, 3.8) is 0 Å². The molecule has 4 rings (SSSR count). The molecule has 1 saturated heterocycles. The summed E-state index contributed by atoms with van der Waals surface area (Å²) in [6, 6.07) is 4.60. The van der Waals surface area contributed by atoms with E-state index in [0.717, 1.165) is 18.4 Å². The van der Waals surface area contributed by atoms with Gasteiger partial charge in [-0.3, -0.25) is 9.59 Å². The van der Waals surface area contributed by atoms with Crippen LogP contribution in [0.1, 0.15) is 56.9 Å². The molecule has 1 aliphatic carbocycles. The highest BCUT2D eigenvalue weighted by Gasteiger charge is 2.29. The first-order valence-electron chi connectivity index (χ1n) is 10.9. The smallest absolute Gasteiger partial charge is 0.243 e. The molecule has 0 unspecified atom stereocenters. The number of hydrogen-bond acceptors (Lipinski definition) is 6. The van der Waals surface area contributed by atoms with Crippen molar-refractivity contribution in [1.29, 1.82) is 0 Å². The van der Waals surface area contributed by atoms with Crippen molar-refractivity contribution in [2.75, 3.05) is 33.4 Å². The Labute approximate surface area is 188 Å². The number of aryl methyl sites for hydroxylation is 1. The SMILES string of the molecule is COc1ccc(S(=O)(=O)N2CCOCC2)cc1CC(=O)c1[nH]c(C)c2c1CCCCC2=O. The lowest BCUT2D eigenvalue weighted by Gasteiger charge is -2.26. The molecule has 9 heteroatoms. The molecule has 0 radical (unpaired) electrons. The van der Waals surface area contributed by atoms with Gasteiger partial charge in [0.15, 0.2) is 11.6 Å². The summed E-state index contributed by atoms with van der Waals surface area (Å²) in [6.07, 6.45) is 2.81. The Balaban J connectivity index is 1.66. The maximum atomic E-state index is 13.3. The number of carbonyl (C=O) groups excluding carboxylic acids is 2. The molecule has 2 aromatic rings. The summed E-state index contributed by atoms with van der Waals surface area (Å²) in [7, 11) is -2.21. The predicted molar refractivity (Wildman–Crippen MR) is 118 cm³/mol. The molecule has 172 valence electrons. The topological polar surface area (TPSA) is 106 Å². The molecule has 1 aromatic heterocycles. The molecular weight excluding hydrogens is 432 g/mol. The van der Waals surface area contributed by atoms with Gasteiger partial charge in [0.05, 0.1) is 30.9 Å². The second-order valence-corrected chi connectivity index (χ2v) is 10.1. The van der Waals surface area contributed by atoms with Crippen molar-refractivity contribution in [3.05, 3.63) is 46.3 Å². The van der Waals surface area contributed by atoms with Crippen LogP contribution >= 0.6 is 0 Å². The van der Waals surface area contributed by atoms with Crippen molar-refractivity contribution < 1.29 is 27.5 Å². The Morgan fingerprint density at radius 1 is 1.19 bits per heavy atom. The minimum absolute atomic E-state index is 0.0315. The quantitative estimate of drug-likeness (QED) is 0.525. The third kappa shape index (κ3) is 4.24. The molecule has 0 spiro atoms. The summed E-state index contributed by atoms with van der Waals surface area (Å²) in [5.74, 6) is 0.328. The zero-order valence-corrected chi connectivity index (χ0v) is 19.2. The number of ether oxygens (including phenoxy) is 2. The van der Waals surface area contributed by atoms with Crippen LogP contribution in [0.3, 0.4) is 0 Å². The van der Waals surface area contributed by atoms with Gasteiger partial charge in [-0.25, -0.2) is 8.42 Å². The number of methoxy groups -OCH3 is 1. The Hall–Kier alpha value is -2.49. The fraction of sp³-hybridized carbons (Fsp3) is 0.478. The first-order chi connectivity index (χ1) is 15.3. The number of nitrogens with zero attached hydrogens (tertiary/aromatic N) is 1. The minimum atomic E-state index is -3.70. The molecule has 1 aromatic carbocycles. The molecule has 0 bridgehead atoms. The lowest BCUT2D eigenvalue weighted by molar-refractivity contribution is 0.0730. The minimum Gasteiger partial charge on any atom is -0.496 e. The van der Waals surface area contributed by atoms with E-state index < -0.39 is 10.0 Å². The number of rotatable bonds is 6. The molecule has 1 N–H and O–H groups in total. The molecule has 32 heavy (non-hydrogen) atoms. The zero-order valence-electron chi connectivity index (χ0n) is 18.4. The Morgan fingerprint density at radius 2 is 1.91 bits per heavy atom. The van der Waals surface area contributed by atoms with E-state index in [4.69, 9.17) is 9.47 Å². The predicted octanol–water partition coefficient (Wildman–Crippen LogP) is 2.69. The number of hydrogen-bond donors (Lipinski definition) is 1. The second-order valence-electron chi connectivity index (χ2n) is 8.20. The van der Waals surface area contributed by atoms with Gasteiger partial charge < -0.3 is 14.5 Å². The number of aromatic nitrogens is 1. The molecule has 0 saturated carbocycles. The lowest BCUT2D eigenvalue weighted by atomic mass is 9.98. The van der Waals surface area contributed by atoms with Crippen LogP contribution in [-0.4, -0.2) is 62.7 Å². The maximum Gasteiger partial charge on any atom is 0.243 e. The first-order valence-corrected chi connectivity index (χ1v) is 12.3. The molecular formula is C23H28N2O6S. The Bertz CT molecular complexity index is 1150. The van der Waals surface area contributed by atoms with Crippen LogP contribution in [0.2, 0.25) is 0 Å². The number of aromatic amines is 1. The number of H-pyrrole nitrogens is 1. The van der Waals surface area contributed by atoms with Gasteiger partial charge in [-0.05, 0) is 49.9 Å². The highest BCUT2D eigenvalue weighted by Crippen LogP contribution is 2.30. The third-order valence-corrected chi connectivity index (χ3v) is 8.03. The summed E-state index contributed by atoms with van der Waals surface area (Å²) in [5, 5.41) is 0. The normalized spacial score (nSPS) is 17.6. The number of morpholine rings is 1. The number of sulfonamides is 1. The van der Waals surface area contributed by atoms with Crippen molar-refractivity contribution in [2.24, 2.45) is 0 Å². The van der Waals surface area contributed by atoms with Crippen LogP contribution in [0.25, 0.3) is 0 Å². The maximum absolute atomic E-state index is 13.3. The van der Waals surface area contributed by atoms with E-state index in [1.54, 1.807) is 6.07 Å². The van der Waals surface area contributed by atoms with E-state index in [-0.39, 0.29) is 22.9 Å². The van der Waals surface area contributed by atoms with Gasteiger partial charge in [0.2, 0.25) is 10.0 Å². The van der Waals surface area contributed by atoms with Gasteiger partial charge in [0.25, 0.3) is 0 Å². The summed E-state index contributed by atoms with van der Waals surface area (Å²) < 4.78 is 38.2. The van der Waals surface area contributed by atoms with Gasteiger partial charge in [-0.1, -0.05) is 0 Å². The number of benzene rings is 1. The Kier molecular flexibility index (Phi) is 6.50. The van der Waals surface area contributed by atoms with Crippen LogP contribution in [-0.2, 0) is 27.6 Å². The lowest BCUT2D eigenvalue weighted by Crippen LogP contribution is -2.40. The molecule has 0 atom stereocenters. The summed E-state index contributed by atoms with van der Waals surface area (Å²) in [5.41, 5.74) is 3.07. The van der Waals surface area contributed by atoms with Crippen molar-refractivity contribution >= 4 is 21.6 Å². The van der Waals surface area contributed by atoms with E-state index in [1.165, 1.54) is 23.5 Å². The summed E-state index contributed by atoms with van der Waals surface area (Å²) in [4.78, 5) is 29.0. The van der Waals surface area contributed by atoms with E-state index in [9.17, 15) is 18.0 Å². The van der Waals surface area contributed by atoms with E-state index >= 15 is 0 Å². The number of ketones is 2. The van der Waals surface area contributed by atoms with Crippen molar-refractivity contribution in [2.45, 2.75) is 43.9 Å². The molecule has 1 fully saturated rings. The number of carbonyl (C=O) groups is 2. The van der Waals surface area contributed by atoms with Crippen LogP contribution in [0, 0.1) is 6.92 Å². The molecule has 8 nitrogen and oxygen atoms in total. The third-order valence-electron chi connectivity index (χ3n) is 6.14. The van der Waals surface area contributed by atoms with Gasteiger partial charge >= 0.3 is 0 Å². The van der Waals surface area contributed by atoms with E-state index in [1.807, 2.05) is 6.92 Å². The Morgan fingerprint density at radius 3 is 2.62 bits per heavy atom. The average Bonchev–Trinajstić information content (AvgIpc) is 3.00. The highest BCUT2D eigenvalue weighted by atomic mass is 32.2. The summed E-state index contributed by atoms with van der Waals surface area (Å²) >= 11 is 0. The van der Waals surface area contributed by atoms with Crippen molar-refractivity contribution in [3.8, 4) is 5.75 Å². The number of nitrogens with one attached hydrogen (secondary N) is 1. The molecule has 1 aliphatic heterocycles. The molecule has 0 amide bonds. The fourth-order valence-corrected chi connectivity index (χ4v) is 5.96. The number of fused-ring (bicyclic) bond motifs is 1. The van der Waals surface area contributed by atoms with Gasteiger partial charge in [-0.15, -0.1) is 0 Å². The van der Waals surface area contributed by atoms with Gasteiger partial charge in [0, 0.05) is 42.8 Å². The van der Waals surface area contributed by atoms with E-state index in [0.29, 0.717) is 67.4 Å². The van der Waals surface area contributed by atoms with Gasteiger partial charge in [0.1, 0.15) is 5.75 Å². The second kappa shape index (κ2) is 9.17. The average molecular weight is 461 g/mol. The van der Waals surface area contributed by atoms with Crippen LogP contribution in [0.15, 0.2) is 23.1 Å². The first kappa shape index (κ1) is 22.7. The fourth-order valence-electron chi connectivity index (χ4n) is 4.51. The number of Topliss-reactive ketones (excluding diaryl/α,β-unsaturated/α-hetero) is 2. The van der Waals surface area contributed by atoms with Crippen LogP contribution in [0.5, 0.6) is 5.75 Å². The van der Waals surface area contributed by atoms with E-state index in [2.05, 4.69) is 4.98 Å². The zero-order chi connectivity index (χ0) is 22.9. The van der Waals surface area contributed by atoms with Crippen molar-refractivity contribution in [1.82, 2.24) is 9.29 Å². The molecule has 2 heterocycles. The van der Waals surface area contributed by atoms with Crippen LogP contribution in [0.4, 0.5) is 0 Å². The largest absolute Gasteiger partial charge is 0.496 e. The highest BCUT2D eigenvalue weighted by molar-refractivity contribution is 7.89. The van der Waals surface area contributed by atoms with Gasteiger partial charge in [-0.2, -0.15) is 4.31 Å². The van der Waals surface area contributed by atoms with Crippen LogP contribution < -0.4 is 4.74 Å². The summed E-state index contributed by atoms with van der Waals surface area (Å²) in [6.45, 7) is 3.12.